The lowest BCUT2D eigenvalue weighted by Gasteiger charge is -2.26. The number of allylic oxidation sites excluding steroid dienone is 2. The lowest BCUT2D eigenvalue weighted by atomic mass is 9.85. The van der Waals surface area contributed by atoms with Crippen molar-refractivity contribution in [2.45, 2.75) is 66.2 Å². The third kappa shape index (κ3) is 4.85. The maximum atomic E-state index is 13.0. The summed E-state index contributed by atoms with van der Waals surface area (Å²) in [5.41, 5.74) is 3.90. The van der Waals surface area contributed by atoms with E-state index in [1.165, 1.54) is 5.57 Å². The molecule has 1 unspecified atom stereocenters. The molecule has 0 bridgehead atoms. The predicted octanol–water partition coefficient (Wildman–Crippen LogP) is 4.33. The van der Waals surface area contributed by atoms with Crippen molar-refractivity contribution in [3.8, 4) is 0 Å². The van der Waals surface area contributed by atoms with Gasteiger partial charge in [0.1, 0.15) is 5.71 Å². The molecule has 6 heteroatoms. The number of rotatable bonds is 8. The number of carbonyl (C=O) groups is 1. The summed E-state index contributed by atoms with van der Waals surface area (Å²) < 4.78 is 0. The van der Waals surface area contributed by atoms with Crippen molar-refractivity contribution in [3.63, 3.8) is 0 Å². The SMILES string of the molecule is CCCCN1CCCC2CC(c3cnc(N(CC)CCC)nc3)=C(C)N=C2C1=O. The zero-order chi connectivity index (χ0) is 20.8. The van der Waals surface area contributed by atoms with Gasteiger partial charge in [-0.2, -0.15) is 0 Å². The molecule has 0 spiro atoms. The highest BCUT2D eigenvalue weighted by Crippen LogP contribution is 2.35. The van der Waals surface area contributed by atoms with Crippen molar-refractivity contribution in [1.82, 2.24) is 14.9 Å². The Kier molecular flexibility index (Phi) is 7.40. The fourth-order valence-electron chi connectivity index (χ4n) is 4.28. The Morgan fingerprint density at radius 2 is 1.93 bits per heavy atom. The average molecular weight is 398 g/mol. The number of nitrogens with zero attached hydrogens (tertiary/aromatic N) is 5. The first-order valence-corrected chi connectivity index (χ1v) is 11.2. The molecule has 0 saturated carbocycles. The molecule has 3 rings (SSSR count). The zero-order valence-corrected chi connectivity index (χ0v) is 18.4. The van der Waals surface area contributed by atoms with Gasteiger partial charge in [-0.3, -0.25) is 9.79 Å². The number of fused-ring (bicyclic) bond motifs is 1. The molecule has 2 aliphatic heterocycles. The fourth-order valence-corrected chi connectivity index (χ4v) is 4.28. The van der Waals surface area contributed by atoms with Crippen LogP contribution in [-0.2, 0) is 4.79 Å². The minimum atomic E-state index is 0.143. The standard InChI is InChI=1S/C23H35N5O/c1-5-8-12-28-13-9-10-18-14-20(17(4)26-21(18)22(28)29)19-15-24-23(25-16-19)27(7-3)11-6-2/h15-16,18H,5-14H2,1-4H3. The van der Waals surface area contributed by atoms with Gasteiger partial charge in [0.05, 0.1) is 0 Å². The molecule has 1 saturated heterocycles. The molecule has 1 fully saturated rings. The molecule has 0 N–H and O–H groups in total. The van der Waals surface area contributed by atoms with Gasteiger partial charge in [0, 0.05) is 55.8 Å². The summed E-state index contributed by atoms with van der Waals surface area (Å²) in [5, 5.41) is 0. The monoisotopic (exact) mass is 397 g/mol. The normalized spacial score (nSPS) is 19.7. The highest BCUT2D eigenvalue weighted by Gasteiger charge is 2.34. The predicted molar refractivity (Wildman–Crippen MR) is 119 cm³/mol. The van der Waals surface area contributed by atoms with E-state index in [9.17, 15) is 4.79 Å². The van der Waals surface area contributed by atoms with E-state index in [4.69, 9.17) is 4.99 Å². The number of hydrogen-bond donors (Lipinski definition) is 0. The van der Waals surface area contributed by atoms with E-state index in [2.05, 4.69) is 35.6 Å². The van der Waals surface area contributed by atoms with Crippen LogP contribution in [0, 0.1) is 5.92 Å². The van der Waals surface area contributed by atoms with E-state index in [1.807, 2.05) is 24.2 Å². The van der Waals surface area contributed by atoms with Crippen LogP contribution >= 0.6 is 0 Å². The molecule has 0 radical (unpaired) electrons. The van der Waals surface area contributed by atoms with Crippen LogP contribution in [0.4, 0.5) is 5.95 Å². The molecule has 158 valence electrons. The average Bonchev–Trinajstić information content (AvgIpc) is 2.89. The lowest BCUT2D eigenvalue weighted by molar-refractivity contribution is -0.124. The van der Waals surface area contributed by atoms with Crippen LogP contribution in [0.1, 0.15) is 71.8 Å². The molecule has 0 aromatic carbocycles. The van der Waals surface area contributed by atoms with E-state index in [0.29, 0.717) is 0 Å². The summed E-state index contributed by atoms with van der Waals surface area (Å²) in [6.45, 7) is 12.0. The van der Waals surface area contributed by atoms with Gasteiger partial charge in [0.15, 0.2) is 0 Å². The summed E-state index contributed by atoms with van der Waals surface area (Å²) >= 11 is 0. The Balaban J connectivity index is 1.83. The Labute approximate surface area is 175 Å². The van der Waals surface area contributed by atoms with E-state index >= 15 is 0 Å². The van der Waals surface area contributed by atoms with Gasteiger partial charge in [-0.05, 0) is 51.5 Å². The van der Waals surface area contributed by atoms with Gasteiger partial charge in [-0.15, -0.1) is 0 Å². The van der Waals surface area contributed by atoms with Crippen LogP contribution in [0.25, 0.3) is 5.57 Å². The first-order chi connectivity index (χ1) is 14.1. The number of carbonyl (C=O) groups excluding carboxylic acids is 1. The first-order valence-electron chi connectivity index (χ1n) is 11.2. The van der Waals surface area contributed by atoms with Crippen molar-refractivity contribution in [1.29, 1.82) is 0 Å². The van der Waals surface area contributed by atoms with Crippen LogP contribution < -0.4 is 4.90 Å². The minimum Gasteiger partial charge on any atom is -0.341 e. The summed E-state index contributed by atoms with van der Waals surface area (Å²) in [4.78, 5) is 31.3. The quantitative estimate of drug-likeness (QED) is 0.655. The molecule has 1 amide bonds. The van der Waals surface area contributed by atoms with Crippen molar-refractivity contribution in [2.75, 3.05) is 31.1 Å². The van der Waals surface area contributed by atoms with Crippen LogP contribution in [0.3, 0.4) is 0 Å². The van der Waals surface area contributed by atoms with Gasteiger partial charge >= 0.3 is 0 Å². The Hall–Kier alpha value is -2.24. The van der Waals surface area contributed by atoms with E-state index < -0.39 is 0 Å². The number of likely N-dealkylation sites (tertiary alicyclic amines) is 1. The summed E-state index contributed by atoms with van der Waals surface area (Å²) in [5.74, 6) is 1.14. The van der Waals surface area contributed by atoms with E-state index in [1.54, 1.807) is 0 Å². The lowest BCUT2D eigenvalue weighted by Crippen LogP contribution is -2.39. The second-order valence-electron chi connectivity index (χ2n) is 8.10. The van der Waals surface area contributed by atoms with Crippen LogP contribution in [0.2, 0.25) is 0 Å². The molecule has 2 aliphatic rings. The van der Waals surface area contributed by atoms with Gasteiger partial charge in [0.25, 0.3) is 5.91 Å². The maximum absolute atomic E-state index is 13.0. The Morgan fingerprint density at radius 3 is 2.59 bits per heavy atom. The van der Waals surface area contributed by atoms with Gasteiger partial charge in [0.2, 0.25) is 5.95 Å². The minimum absolute atomic E-state index is 0.143. The molecular formula is C23H35N5O. The number of unbranched alkanes of at least 4 members (excludes halogenated alkanes) is 1. The first kappa shape index (κ1) is 21.5. The molecule has 29 heavy (non-hydrogen) atoms. The topological polar surface area (TPSA) is 61.7 Å². The fraction of sp³-hybridized carbons (Fsp3) is 0.652. The van der Waals surface area contributed by atoms with Gasteiger partial charge in [-0.25, -0.2) is 9.97 Å². The highest BCUT2D eigenvalue weighted by molar-refractivity contribution is 6.40. The summed E-state index contributed by atoms with van der Waals surface area (Å²) in [7, 11) is 0. The molecule has 1 aromatic heterocycles. The number of amides is 1. The number of aliphatic imine (C=N–C) groups is 1. The van der Waals surface area contributed by atoms with E-state index in [-0.39, 0.29) is 11.8 Å². The number of anilines is 1. The maximum Gasteiger partial charge on any atom is 0.268 e. The van der Waals surface area contributed by atoms with Crippen molar-refractivity contribution < 1.29 is 4.79 Å². The number of aromatic nitrogens is 2. The number of hydrogen-bond acceptors (Lipinski definition) is 5. The van der Waals surface area contributed by atoms with Gasteiger partial charge < -0.3 is 9.80 Å². The molecule has 1 atom stereocenters. The Bertz CT molecular complexity index is 766. The summed E-state index contributed by atoms with van der Waals surface area (Å²) in [6, 6.07) is 0. The molecule has 1 aromatic rings. The Morgan fingerprint density at radius 1 is 1.17 bits per heavy atom. The zero-order valence-electron chi connectivity index (χ0n) is 18.4. The molecule has 6 nitrogen and oxygen atoms in total. The summed E-state index contributed by atoms with van der Waals surface area (Å²) in [6.07, 6.45) is 10.00. The van der Waals surface area contributed by atoms with Crippen molar-refractivity contribution >= 4 is 23.1 Å². The van der Waals surface area contributed by atoms with Crippen molar-refractivity contribution in [3.05, 3.63) is 23.7 Å². The second-order valence-corrected chi connectivity index (χ2v) is 8.10. The van der Waals surface area contributed by atoms with E-state index in [0.717, 1.165) is 87.6 Å². The third-order valence-electron chi connectivity index (χ3n) is 5.98. The van der Waals surface area contributed by atoms with Crippen LogP contribution in [0.5, 0.6) is 0 Å². The van der Waals surface area contributed by atoms with Crippen LogP contribution in [0.15, 0.2) is 23.1 Å². The van der Waals surface area contributed by atoms with Crippen molar-refractivity contribution in [2.24, 2.45) is 10.9 Å². The highest BCUT2D eigenvalue weighted by atomic mass is 16.2. The smallest absolute Gasteiger partial charge is 0.268 e. The largest absolute Gasteiger partial charge is 0.341 e. The van der Waals surface area contributed by atoms with Crippen LogP contribution in [-0.4, -0.2) is 52.7 Å². The molecular weight excluding hydrogens is 362 g/mol. The molecule has 0 aliphatic carbocycles. The molecule has 3 heterocycles. The van der Waals surface area contributed by atoms with Gasteiger partial charge in [-0.1, -0.05) is 20.3 Å². The third-order valence-corrected chi connectivity index (χ3v) is 5.98. The second kappa shape index (κ2) is 9.99.